The normalized spacial score (nSPS) is 11.5. The van der Waals surface area contributed by atoms with Crippen molar-refractivity contribution in [2.45, 2.75) is 39.2 Å². The molecule has 3 heterocycles. The van der Waals surface area contributed by atoms with E-state index in [0.717, 1.165) is 16.7 Å². The van der Waals surface area contributed by atoms with Gasteiger partial charge in [0.05, 0.1) is 0 Å². The molecule has 0 saturated heterocycles. The van der Waals surface area contributed by atoms with Gasteiger partial charge in [0.2, 0.25) is 17.7 Å². The monoisotopic (exact) mass is 464 g/mol. The van der Waals surface area contributed by atoms with E-state index in [2.05, 4.69) is 25.5 Å². The third-order valence-corrected chi connectivity index (χ3v) is 5.78. The Balaban J connectivity index is 1.75. The van der Waals surface area contributed by atoms with Gasteiger partial charge in [-0.3, -0.25) is 9.36 Å². The fourth-order valence-electron chi connectivity index (χ4n) is 3.85. The number of pyridine rings is 1. The molecule has 34 heavy (non-hydrogen) atoms. The Kier molecular flexibility index (Phi) is 6.99. The minimum atomic E-state index is -0.195. The highest BCUT2D eigenvalue weighted by molar-refractivity contribution is 5.83. The molecular formula is C24H28N6O4. The topological polar surface area (TPSA) is 139 Å². The van der Waals surface area contributed by atoms with Crippen LogP contribution in [0.2, 0.25) is 0 Å². The van der Waals surface area contributed by atoms with E-state index in [1.54, 1.807) is 19.3 Å². The smallest absolute Gasteiger partial charge is 0.259 e. The van der Waals surface area contributed by atoms with Crippen molar-refractivity contribution in [2.75, 3.05) is 18.5 Å². The molecule has 0 amide bonds. The number of nitrogens with zero attached hydrogens (tertiary/aromatic N) is 5. The number of benzene rings is 1. The Morgan fingerprint density at radius 2 is 1.88 bits per heavy atom. The third kappa shape index (κ3) is 4.68. The van der Waals surface area contributed by atoms with E-state index in [4.69, 9.17) is 4.42 Å². The minimum Gasteiger partial charge on any atom is -0.421 e. The van der Waals surface area contributed by atoms with Crippen LogP contribution in [0.25, 0.3) is 33.6 Å². The van der Waals surface area contributed by atoms with Gasteiger partial charge >= 0.3 is 0 Å². The Bertz CT molecular complexity index is 1360. The maximum absolute atomic E-state index is 13.3. The van der Waals surface area contributed by atoms with Gasteiger partial charge in [0.1, 0.15) is 5.65 Å². The predicted octanol–water partition coefficient (Wildman–Crippen LogP) is 2.46. The van der Waals surface area contributed by atoms with Crippen LogP contribution in [-0.4, -0.2) is 54.2 Å². The molecule has 0 spiro atoms. The molecular weight excluding hydrogens is 436 g/mol. The van der Waals surface area contributed by atoms with Gasteiger partial charge in [0.25, 0.3) is 5.56 Å². The first-order valence-electron chi connectivity index (χ1n) is 11.2. The number of anilines is 1. The van der Waals surface area contributed by atoms with Gasteiger partial charge in [-0.05, 0) is 49.1 Å². The maximum atomic E-state index is 13.3. The maximum Gasteiger partial charge on any atom is 0.259 e. The zero-order chi connectivity index (χ0) is 24.2. The van der Waals surface area contributed by atoms with Gasteiger partial charge in [-0.1, -0.05) is 13.0 Å². The highest BCUT2D eigenvalue weighted by atomic mass is 16.4. The van der Waals surface area contributed by atoms with Crippen molar-refractivity contribution in [1.29, 1.82) is 0 Å². The lowest BCUT2D eigenvalue weighted by Gasteiger charge is -2.17. The number of hydrogen-bond donors (Lipinski definition) is 3. The number of rotatable bonds is 9. The van der Waals surface area contributed by atoms with Crippen LogP contribution in [-0.2, 0) is 13.5 Å². The number of aryl methyl sites for hydroxylation is 3. The summed E-state index contributed by atoms with van der Waals surface area (Å²) in [7, 11) is 1.68. The lowest BCUT2D eigenvalue weighted by molar-refractivity contribution is 0.247. The molecule has 3 N–H and O–H groups in total. The Labute approximate surface area is 196 Å². The summed E-state index contributed by atoms with van der Waals surface area (Å²) < 4.78 is 7.19. The van der Waals surface area contributed by atoms with Crippen molar-refractivity contribution in [3.8, 4) is 22.6 Å². The first-order chi connectivity index (χ1) is 16.4. The SMILES string of the molecule is CCc1nnc(-c2ccc(C)c(-c3cc4cnc(NC(CCO)CCO)nc4n(C)c3=O)c2)o1. The Hall–Kier alpha value is -3.63. The quantitative estimate of drug-likeness (QED) is 0.341. The summed E-state index contributed by atoms with van der Waals surface area (Å²) in [5.41, 5.74) is 3.25. The lowest BCUT2D eigenvalue weighted by Crippen LogP contribution is -2.24. The molecule has 0 aliphatic rings. The van der Waals surface area contributed by atoms with E-state index in [0.29, 0.717) is 53.6 Å². The molecule has 0 unspecified atom stereocenters. The summed E-state index contributed by atoms with van der Waals surface area (Å²) in [5.74, 6) is 1.30. The fraction of sp³-hybridized carbons (Fsp3) is 0.375. The van der Waals surface area contributed by atoms with Crippen molar-refractivity contribution >= 4 is 17.0 Å². The van der Waals surface area contributed by atoms with Crippen LogP contribution in [0, 0.1) is 6.92 Å². The molecule has 0 aliphatic carbocycles. The zero-order valence-corrected chi connectivity index (χ0v) is 19.4. The van der Waals surface area contributed by atoms with E-state index in [-0.39, 0.29) is 24.8 Å². The predicted molar refractivity (Wildman–Crippen MR) is 128 cm³/mol. The van der Waals surface area contributed by atoms with Crippen LogP contribution in [0.15, 0.2) is 39.7 Å². The van der Waals surface area contributed by atoms with Gasteiger partial charge in [-0.25, -0.2) is 4.98 Å². The van der Waals surface area contributed by atoms with E-state index in [1.165, 1.54) is 4.57 Å². The van der Waals surface area contributed by atoms with Gasteiger partial charge in [-0.15, -0.1) is 10.2 Å². The Morgan fingerprint density at radius 3 is 2.56 bits per heavy atom. The molecule has 0 bridgehead atoms. The lowest BCUT2D eigenvalue weighted by atomic mass is 9.98. The molecule has 0 atom stereocenters. The molecule has 1 aromatic carbocycles. The van der Waals surface area contributed by atoms with Crippen LogP contribution < -0.4 is 10.9 Å². The number of aromatic nitrogens is 5. The number of hydrogen-bond acceptors (Lipinski definition) is 9. The molecule has 0 aliphatic heterocycles. The molecule has 4 rings (SSSR count). The third-order valence-electron chi connectivity index (χ3n) is 5.78. The zero-order valence-electron chi connectivity index (χ0n) is 19.4. The highest BCUT2D eigenvalue weighted by Crippen LogP contribution is 2.29. The Morgan fingerprint density at radius 1 is 1.12 bits per heavy atom. The van der Waals surface area contributed by atoms with Crippen LogP contribution in [0.5, 0.6) is 0 Å². The van der Waals surface area contributed by atoms with Crippen molar-refractivity contribution in [2.24, 2.45) is 7.05 Å². The number of fused-ring (bicyclic) bond motifs is 1. The van der Waals surface area contributed by atoms with E-state index in [1.807, 2.05) is 32.0 Å². The summed E-state index contributed by atoms with van der Waals surface area (Å²) in [4.78, 5) is 22.2. The second kappa shape index (κ2) is 10.1. The summed E-state index contributed by atoms with van der Waals surface area (Å²) >= 11 is 0. The summed E-state index contributed by atoms with van der Waals surface area (Å²) in [5, 5.41) is 30.5. The average molecular weight is 465 g/mol. The second-order valence-electron chi connectivity index (χ2n) is 8.14. The van der Waals surface area contributed by atoms with Crippen molar-refractivity contribution in [3.63, 3.8) is 0 Å². The van der Waals surface area contributed by atoms with E-state index < -0.39 is 0 Å². The summed E-state index contributed by atoms with van der Waals surface area (Å²) in [6.07, 6.45) is 3.21. The molecule has 0 saturated carbocycles. The van der Waals surface area contributed by atoms with Gasteiger partial charge in [0, 0.05) is 55.4 Å². The molecule has 10 nitrogen and oxygen atoms in total. The number of aliphatic hydroxyl groups is 2. The van der Waals surface area contributed by atoms with E-state index in [9.17, 15) is 15.0 Å². The molecule has 10 heteroatoms. The van der Waals surface area contributed by atoms with Crippen molar-refractivity contribution < 1.29 is 14.6 Å². The van der Waals surface area contributed by atoms with Crippen LogP contribution in [0.1, 0.15) is 31.2 Å². The van der Waals surface area contributed by atoms with Crippen LogP contribution in [0.3, 0.4) is 0 Å². The molecule has 178 valence electrons. The van der Waals surface area contributed by atoms with Crippen molar-refractivity contribution in [3.05, 3.63) is 52.3 Å². The highest BCUT2D eigenvalue weighted by Gasteiger charge is 2.16. The first-order valence-corrected chi connectivity index (χ1v) is 11.2. The van der Waals surface area contributed by atoms with Gasteiger partial charge in [0.15, 0.2) is 0 Å². The van der Waals surface area contributed by atoms with E-state index >= 15 is 0 Å². The van der Waals surface area contributed by atoms with Gasteiger partial charge < -0.3 is 19.9 Å². The molecule has 0 fully saturated rings. The second-order valence-corrected chi connectivity index (χ2v) is 8.14. The minimum absolute atomic E-state index is 0.0190. The number of aliphatic hydroxyl groups excluding tert-OH is 2. The fourth-order valence-corrected chi connectivity index (χ4v) is 3.85. The summed E-state index contributed by atoms with van der Waals surface area (Å²) in [6.45, 7) is 3.85. The van der Waals surface area contributed by atoms with Crippen LogP contribution in [0.4, 0.5) is 5.95 Å². The standard InChI is InChI=1S/C24H28N6O4/c1-4-20-28-29-22(34-20)15-6-5-14(2)18(11-15)19-12-16-13-25-24(26-17(7-9-31)8-10-32)27-21(16)30(3)23(19)33/h5-6,11-13,17,31-32H,4,7-10H2,1-3H3,(H,25,26,27). The molecule has 0 radical (unpaired) electrons. The molecule has 3 aromatic heterocycles. The molecule has 4 aromatic rings. The largest absolute Gasteiger partial charge is 0.421 e. The summed E-state index contributed by atoms with van der Waals surface area (Å²) in [6, 6.07) is 7.32. The van der Waals surface area contributed by atoms with Crippen LogP contribution >= 0.6 is 0 Å². The average Bonchev–Trinajstić information content (AvgIpc) is 3.32. The van der Waals surface area contributed by atoms with Gasteiger partial charge in [-0.2, -0.15) is 4.98 Å². The van der Waals surface area contributed by atoms with Crippen molar-refractivity contribution in [1.82, 2.24) is 24.7 Å². The first kappa shape index (κ1) is 23.5. The number of nitrogens with one attached hydrogen (secondary N) is 1.